The first-order valence-electron chi connectivity index (χ1n) is 5.92. The molecule has 0 saturated carbocycles. The van der Waals surface area contributed by atoms with Gasteiger partial charge in [-0.25, -0.2) is 0 Å². The standard InChI is InChI=1S/C11H20O2S6/c1-8(2)12-10(14)18-16-6-5-7-17-19-11(15)13-9(3)4/h8-9H,5-7H2,1-4H3. The fourth-order valence-electron chi connectivity index (χ4n) is 0.781. The molecular formula is C11H20O2S6. The molecule has 2 nitrogen and oxygen atoms in total. The van der Waals surface area contributed by atoms with Gasteiger partial charge in [-0.2, -0.15) is 0 Å². The van der Waals surface area contributed by atoms with E-state index in [2.05, 4.69) is 0 Å². The highest BCUT2D eigenvalue weighted by Crippen LogP contribution is 2.29. The molecule has 8 heteroatoms. The van der Waals surface area contributed by atoms with Gasteiger partial charge in [0.05, 0.1) is 12.2 Å². The van der Waals surface area contributed by atoms with E-state index in [0.29, 0.717) is 8.77 Å². The van der Waals surface area contributed by atoms with E-state index in [1.165, 1.54) is 21.6 Å². The van der Waals surface area contributed by atoms with Crippen molar-refractivity contribution in [3.8, 4) is 0 Å². The smallest absolute Gasteiger partial charge is 0.231 e. The Labute approximate surface area is 143 Å². The molecule has 0 aliphatic rings. The summed E-state index contributed by atoms with van der Waals surface area (Å²) in [5.74, 6) is 2.11. The lowest BCUT2D eigenvalue weighted by atomic mass is 10.5. The minimum absolute atomic E-state index is 0.162. The number of thiocarbonyl (C=S) groups is 2. The molecule has 0 heterocycles. The Morgan fingerprint density at radius 1 is 0.842 bits per heavy atom. The fourth-order valence-corrected chi connectivity index (χ4v) is 5.58. The average molecular weight is 377 g/mol. The monoisotopic (exact) mass is 376 g/mol. The first-order chi connectivity index (χ1) is 8.91. The number of rotatable bonds is 8. The molecule has 0 rings (SSSR count). The summed E-state index contributed by atoms with van der Waals surface area (Å²) in [5, 5.41) is 0. The van der Waals surface area contributed by atoms with Crippen LogP contribution in [0, 0.1) is 0 Å². The number of hydrogen-bond acceptors (Lipinski definition) is 8. The van der Waals surface area contributed by atoms with Crippen molar-refractivity contribution in [3.63, 3.8) is 0 Å². The zero-order valence-corrected chi connectivity index (χ0v) is 16.4. The molecule has 0 N–H and O–H groups in total. The van der Waals surface area contributed by atoms with E-state index in [9.17, 15) is 0 Å². The van der Waals surface area contributed by atoms with Crippen LogP contribution in [0.4, 0.5) is 0 Å². The summed E-state index contributed by atoms with van der Waals surface area (Å²) >= 11 is 10.2. The molecule has 19 heavy (non-hydrogen) atoms. The van der Waals surface area contributed by atoms with Gasteiger partial charge in [0.25, 0.3) is 0 Å². The molecule has 0 aliphatic carbocycles. The van der Waals surface area contributed by atoms with Crippen LogP contribution in [0.1, 0.15) is 34.1 Å². The van der Waals surface area contributed by atoms with Crippen LogP contribution in [-0.4, -0.2) is 32.5 Å². The minimum atomic E-state index is 0.162. The maximum Gasteiger partial charge on any atom is 0.231 e. The third-order valence-corrected chi connectivity index (χ3v) is 6.92. The Morgan fingerprint density at radius 2 is 1.21 bits per heavy atom. The summed E-state index contributed by atoms with van der Waals surface area (Å²) in [7, 11) is 6.55. The van der Waals surface area contributed by atoms with Crippen molar-refractivity contribution in [2.45, 2.75) is 46.3 Å². The quantitative estimate of drug-likeness (QED) is 0.307. The molecule has 0 aliphatic heterocycles. The van der Waals surface area contributed by atoms with Crippen molar-refractivity contribution in [2.75, 3.05) is 11.5 Å². The van der Waals surface area contributed by atoms with E-state index in [-0.39, 0.29) is 12.2 Å². The van der Waals surface area contributed by atoms with Gasteiger partial charge >= 0.3 is 0 Å². The molecule has 0 atom stereocenters. The van der Waals surface area contributed by atoms with E-state index in [1.807, 2.05) is 27.7 Å². The fraction of sp³-hybridized carbons (Fsp3) is 0.818. The van der Waals surface area contributed by atoms with Crippen LogP contribution in [0.3, 0.4) is 0 Å². The predicted octanol–water partition coefficient (Wildman–Crippen LogP) is 5.56. The van der Waals surface area contributed by atoms with Crippen molar-refractivity contribution in [1.29, 1.82) is 0 Å². The van der Waals surface area contributed by atoms with E-state index < -0.39 is 0 Å². The highest BCUT2D eigenvalue weighted by molar-refractivity contribution is 8.84. The van der Waals surface area contributed by atoms with Crippen molar-refractivity contribution in [1.82, 2.24) is 0 Å². The molecule has 0 amide bonds. The third-order valence-electron chi connectivity index (χ3n) is 1.37. The first kappa shape index (κ1) is 20.2. The Balaban J connectivity index is 3.32. The molecule has 0 spiro atoms. The second-order valence-corrected chi connectivity index (χ2v) is 10.0. The summed E-state index contributed by atoms with van der Waals surface area (Å²) in [5.41, 5.74) is 0. The van der Waals surface area contributed by atoms with Gasteiger partial charge in [-0.15, -0.1) is 0 Å². The SMILES string of the molecule is CC(C)OC(=S)SSCCCSSC(=S)OC(C)C. The molecule has 0 aromatic rings. The predicted molar refractivity (Wildman–Crippen MR) is 102 cm³/mol. The lowest BCUT2D eigenvalue weighted by molar-refractivity contribution is 0.243. The maximum atomic E-state index is 5.38. The van der Waals surface area contributed by atoms with E-state index >= 15 is 0 Å². The molecule has 0 radical (unpaired) electrons. The Kier molecular flexibility index (Phi) is 13.7. The summed E-state index contributed by atoms with van der Waals surface area (Å²) in [4.78, 5) is 0. The van der Waals surface area contributed by atoms with Crippen molar-refractivity contribution >= 4 is 76.4 Å². The highest BCUT2D eigenvalue weighted by atomic mass is 33.1. The van der Waals surface area contributed by atoms with Crippen LogP contribution in [-0.2, 0) is 9.47 Å². The molecule has 0 saturated heterocycles. The maximum absolute atomic E-state index is 5.38. The normalized spacial score (nSPS) is 10.8. The second-order valence-electron chi connectivity index (χ2n) is 4.00. The van der Waals surface area contributed by atoms with Gasteiger partial charge in [0, 0.05) is 11.5 Å². The van der Waals surface area contributed by atoms with Crippen molar-refractivity contribution < 1.29 is 9.47 Å². The van der Waals surface area contributed by atoms with Crippen LogP contribution < -0.4 is 0 Å². The van der Waals surface area contributed by atoms with Gasteiger partial charge in [0.2, 0.25) is 8.77 Å². The molecule has 0 fully saturated rings. The van der Waals surface area contributed by atoms with Crippen LogP contribution in [0.2, 0.25) is 0 Å². The summed E-state index contributed by atoms with van der Waals surface area (Å²) in [6.45, 7) is 7.92. The average Bonchev–Trinajstić information content (AvgIpc) is 2.25. The van der Waals surface area contributed by atoms with E-state index in [4.69, 9.17) is 33.9 Å². The molecular weight excluding hydrogens is 357 g/mol. The van der Waals surface area contributed by atoms with E-state index in [0.717, 1.165) is 17.9 Å². The van der Waals surface area contributed by atoms with Crippen LogP contribution >= 0.6 is 67.6 Å². The number of hydrogen-bond donors (Lipinski definition) is 0. The summed E-state index contributed by atoms with van der Waals surface area (Å²) < 4.78 is 12.0. The van der Waals surface area contributed by atoms with Crippen molar-refractivity contribution in [3.05, 3.63) is 0 Å². The molecule has 0 bridgehead atoms. The van der Waals surface area contributed by atoms with Crippen LogP contribution in [0.5, 0.6) is 0 Å². The van der Waals surface area contributed by atoms with Gasteiger partial charge in [0.1, 0.15) is 0 Å². The van der Waals surface area contributed by atoms with Gasteiger partial charge < -0.3 is 9.47 Å². The Hall–Kier alpha value is 1.18. The van der Waals surface area contributed by atoms with Crippen LogP contribution in [0.15, 0.2) is 0 Å². The molecule has 0 aromatic carbocycles. The van der Waals surface area contributed by atoms with E-state index in [1.54, 1.807) is 21.6 Å². The Morgan fingerprint density at radius 3 is 1.53 bits per heavy atom. The van der Waals surface area contributed by atoms with Crippen LogP contribution in [0.25, 0.3) is 0 Å². The lowest BCUT2D eigenvalue weighted by Crippen LogP contribution is -2.05. The lowest BCUT2D eigenvalue weighted by Gasteiger charge is -2.09. The molecule has 0 aromatic heterocycles. The first-order valence-corrected chi connectivity index (χ1v) is 11.4. The van der Waals surface area contributed by atoms with Gasteiger partial charge in [-0.1, -0.05) is 21.6 Å². The molecule has 0 unspecified atom stereocenters. The van der Waals surface area contributed by atoms with Crippen molar-refractivity contribution in [2.24, 2.45) is 0 Å². The minimum Gasteiger partial charge on any atom is -0.475 e. The molecule has 112 valence electrons. The summed E-state index contributed by atoms with van der Waals surface area (Å²) in [6, 6.07) is 0. The number of ether oxygens (including phenoxy) is 2. The summed E-state index contributed by atoms with van der Waals surface area (Å²) in [6.07, 6.45) is 1.44. The topological polar surface area (TPSA) is 18.5 Å². The largest absolute Gasteiger partial charge is 0.475 e. The zero-order chi connectivity index (χ0) is 14.7. The second kappa shape index (κ2) is 12.9. The zero-order valence-electron chi connectivity index (χ0n) is 11.5. The highest BCUT2D eigenvalue weighted by Gasteiger charge is 2.04. The van der Waals surface area contributed by atoms with Gasteiger partial charge in [-0.3, -0.25) is 0 Å². The van der Waals surface area contributed by atoms with Gasteiger partial charge in [-0.05, 0) is 80.1 Å². The Bertz CT molecular complexity index is 244. The third kappa shape index (κ3) is 15.4. The van der Waals surface area contributed by atoms with Gasteiger partial charge in [0.15, 0.2) is 0 Å².